The van der Waals surface area contributed by atoms with E-state index in [0.29, 0.717) is 38.6 Å². The molecule has 1 aromatic rings. The van der Waals surface area contributed by atoms with Crippen molar-refractivity contribution in [3.05, 3.63) is 60.2 Å². The summed E-state index contributed by atoms with van der Waals surface area (Å²) in [5.74, 6) is -0.472. The lowest BCUT2D eigenvalue weighted by atomic mass is 9.89. The second kappa shape index (κ2) is 15.5. The maximum atomic E-state index is 11.9. The van der Waals surface area contributed by atoms with Gasteiger partial charge in [-0.1, -0.05) is 55.5 Å². The standard InChI is InChI=1S/C28H41NO5/c1-3-28(33)34-22(17-16-21-12-8-7-9-13-21)18-19-24-23(25(30)20-26(24)31)14-10-5-6-11-15-27(32)29-4-2/h5,7-10,12-13,18-19,22-26,30-31H,3-4,6,11,14-17,20H2,1-2H3,(H,29,32)/t22-,23+,24+,25-,26+/m0/s1. The van der Waals surface area contributed by atoms with E-state index in [9.17, 15) is 19.8 Å². The quantitative estimate of drug-likeness (QED) is 0.216. The van der Waals surface area contributed by atoms with Crippen LogP contribution in [0.15, 0.2) is 54.6 Å². The van der Waals surface area contributed by atoms with Crippen molar-refractivity contribution in [2.24, 2.45) is 11.8 Å². The first kappa shape index (κ1) is 27.8. The SMILES string of the molecule is CCNC(=O)CCCC=CC[C@@H]1[C@@H](C=C[C@H](CCc2ccccc2)OC(=O)CC)[C@H](O)C[C@@H]1O. The molecule has 1 aliphatic rings. The topological polar surface area (TPSA) is 95.9 Å². The molecule has 0 radical (unpaired) electrons. The Hall–Kier alpha value is -2.44. The first-order chi connectivity index (χ1) is 16.4. The van der Waals surface area contributed by atoms with Crippen LogP contribution in [0, 0.1) is 11.8 Å². The van der Waals surface area contributed by atoms with E-state index in [1.807, 2.05) is 49.4 Å². The first-order valence-corrected chi connectivity index (χ1v) is 12.6. The number of unbranched alkanes of at least 4 members (excludes halogenated alkanes) is 1. The molecule has 188 valence electrons. The molecule has 0 aliphatic heterocycles. The summed E-state index contributed by atoms with van der Waals surface area (Å²) in [6.45, 7) is 4.33. The van der Waals surface area contributed by atoms with E-state index in [2.05, 4.69) is 17.4 Å². The summed E-state index contributed by atoms with van der Waals surface area (Å²) in [5.41, 5.74) is 1.18. The molecule has 0 aromatic heterocycles. The zero-order valence-corrected chi connectivity index (χ0v) is 20.6. The maximum absolute atomic E-state index is 11.9. The molecule has 5 atom stereocenters. The van der Waals surface area contributed by atoms with Gasteiger partial charge in [-0.05, 0) is 56.6 Å². The normalized spacial score (nSPS) is 23.4. The Morgan fingerprint density at radius 2 is 1.91 bits per heavy atom. The van der Waals surface area contributed by atoms with Crippen LogP contribution in [0.2, 0.25) is 0 Å². The van der Waals surface area contributed by atoms with Crippen LogP contribution in [-0.2, 0) is 20.7 Å². The Bertz CT molecular complexity index is 791. The number of aliphatic hydroxyl groups is 2. The molecule has 6 heteroatoms. The fraction of sp³-hybridized carbons (Fsp3) is 0.571. The van der Waals surface area contributed by atoms with E-state index in [-0.39, 0.29) is 29.8 Å². The van der Waals surface area contributed by atoms with Crippen molar-refractivity contribution in [2.45, 2.75) is 83.5 Å². The Morgan fingerprint density at radius 3 is 2.62 bits per heavy atom. The van der Waals surface area contributed by atoms with Crippen molar-refractivity contribution in [1.82, 2.24) is 5.32 Å². The van der Waals surface area contributed by atoms with Crippen LogP contribution in [0.4, 0.5) is 0 Å². The minimum Gasteiger partial charge on any atom is -0.458 e. The molecule has 2 rings (SSSR count). The van der Waals surface area contributed by atoms with E-state index in [1.54, 1.807) is 6.92 Å². The van der Waals surface area contributed by atoms with Gasteiger partial charge in [0, 0.05) is 31.7 Å². The van der Waals surface area contributed by atoms with Crippen molar-refractivity contribution in [3.8, 4) is 0 Å². The molecule has 3 N–H and O–H groups in total. The van der Waals surface area contributed by atoms with Gasteiger partial charge in [0.05, 0.1) is 12.2 Å². The molecule has 0 bridgehead atoms. The van der Waals surface area contributed by atoms with Gasteiger partial charge in [0.25, 0.3) is 0 Å². The average molecular weight is 472 g/mol. The zero-order valence-electron chi connectivity index (χ0n) is 20.6. The van der Waals surface area contributed by atoms with E-state index >= 15 is 0 Å². The molecule has 0 unspecified atom stereocenters. The number of carbonyl (C=O) groups is 2. The fourth-order valence-corrected chi connectivity index (χ4v) is 4.40. The molecule has 1 amide bonds. The maximum Gasteiger partial charge on any atom is 0.306 e. The minimum absolute atomic E-state index is 0.0704. The number of hydrogen-bond donors (Lipinski definition) is 3. The Balaban J connectivity index is 1.93. The minimum atomic E-state index is -0.626. The molecule has 1 saturated carbocycles. The van der Waals surface area contributed by atoms with Crippen molar-refractivity contribution in [1.29, 1.82) is 0 Å². The van der Waals surface area contributed by atoms with E-state index < -0.39 is 12.2 Å². The number of carbonyl (C=O) groups excluding carboxylic acids is 2. The largest absolute Gasteiger partial charge is 0.458 e. The highest BCUT2D eigenvalue weighted by atomic mass is 16.5. The second-order valence-electron chi connectivity index (χ2n) is 8.96. The summed E-state index contributed by atoms with van der Waals surface area (Å²) in [6, 6.07) is 10.1. The van der Waals surface area contributed by atoms with Gasteiger partial charge in [-0.15, -0.1) is 0 Å². The Labute approximate surface area is 204 Å². The van der Waals surface area contributed by atoms with Gasteiger partial charge >= 0.3 is 5.97 Å². The van der Waals surface area contributed by atoms with Gasteiger partial charge in [-0.2, -0.15) is 0 Å². The molecule has 34 heavy (non-hydrogen) atoms. The van der Waals surface area contributed by atoms with Gasteiger partial charge in [-0.3, -0.25) is 9.59 Å². The molecule has 1 fully saturated rings. The number of esters is 1. The smallest absolute Gasteiger partial charge is 0.306 e. The molecule has 0 heterocycles. The van der Waals surface area contributed by atoms with E-state index in [0.717, 1.165) is 19.3 Å². The van der Waals surface area contributed by atoms with Crippen molar-refractivity contribution in [3.63, 3.8) is 0 Å². The van der Waals surface area contributed by atoms with E-state index in [4.69, 9.17) is 4.74 Å². The lowest BCUT2D eigenvalue weighted by Gasteiger charge is -2.21. The Kier molecular flexibility index (Phi) is 12.6. The predicted octanol–water partition coefficient (Wildman–Crippen LogP) is 4.11. The third-order valence-electron chi connectivity index (χ3n) is 6.32. The molecule has 6 nitrogen and oxygen atoms in total. The number of ether oxygens (including phenoxy) is 1. The second-order valence-corrected chi connectivity index (χ2v) is 8.96. The van der Waals surface area contributed by atoms with Crippen LogP contribution in [0.25, 0.3) is 0 Å². The van der Waals surface area contributed by atoms with Gasteiger partial charge in [0.1, 0.15) is 6.10 Å². The highest BCUT2D eigenvalue weighted by Gasteiger charge is 2.39. The van der Waals surface area contributed by atoms with Crippen molar-refractivity contribution >= 4 is 11.9 Å². The number of benzene rings is 1. The fourth-order valence-electron chi connectivity index (χ4n) is 4.40. The summed E-state index contributed by atoms with van der Waals surface area (Å²) >= 11 is 0. The first-order valence-electron chi connectivity index (χ1n) is 12.6. The number of aryl methyl sites for hydroxylation is 1. The Morgan fingerprint density at radius 1 is 1.15 bits per heavy atom. The van der Waals surface area contributed by atoms with Crippen LogP contribution in [0.5, 0.6) is 0 Å². The molecule has 1 aromatic carbocycles. The summed E-state index contributed by atoms with van der Waals surface area (Å²) in [7, 11) is 0. The third kappa shape index (κ3) is 9.82. The number of amides is 1. The number of allylic oxidation sites excluding steroid dienone is 2. The molecular weight excluding hydrogens is 430 g/mol. The summed E-state index contributed by atoms with van der Waals surface area (Å²) in [5, 5.41) is 23.8. The van der Waals surface area contributed by atoms with Gasteiger partial charge < -0.3 is 20.3 Å². The zero-order chi connectivity index (χ0) is 24.8. The van der Waals surface area contributed by atoms with Gasteiger partial charge in [-0.25, -0.2) is 0 Å². The van der Waals surface area contributed by atoms with Crippen LogP contribution in [0.3, 0.4) is 0 Å². The molecule has 0 saturated heterocycles. The summed E-state index contributed by atoms with van der Waals surface area (Å²) < 4.78 is 5.62. The third-order valence-corrected chi connectivity index (χ3v) is 6.32. The van der Waals surface area contributed by atoms with E-state index in [1.165, 1.54) is 5.56 Å². The number of aliphatic hydroxyl groups excluding tert-OH is 2. The lowest BCUT2D eigenvalue weighted by molar-refractivity contribution is -0.146. The lowest BCUT2D eigenvalue weighted by Crippen LogP contribution is -2.22. The van der Waals surface area contributed by atoms with Crippen molar-refractivity contribution < 1.29 is 24.5 Å². The van der Waals surface area contributed by atoms with Gasteiger partial charge in [0.15, 0.2) is 0 Å². The average Bonchev–Trinajstić information content (AvgIpc) is 3.10. The number of hydrogen-bond acceptors (Lipinski definition) is 5. The summed E-state index contributed by atoms with van der Waals surface area (Å²) in [4.78, 5) is 23.4. The van der Waals surface area contributed by atoms with Gasteiger partial charge in [0.2, 0.25) is 5.91 Å². The predicted molar refractivity (Wildman–Crippen MR) is 134 cm³/mol. The number of rotatable bonds is 14. The van der Waals surface area contributed by atoms with Crippen LogP contribution >= 0.6 is 0 Å². The summed E-state index contributed by atoms with van der Waals surface area (Å²) in [6.07, 6.45) is 11.2. The molecule has 0 spiro atoms. The van der Waals surface area contributed by atoms with Crippen molar-refractivity contribution in [2.75, 3.05) is 6.54 Å². The highest BCUT2D eigenvalue weighted by molar-refractivity contribution is 5.75. The van der Waals surface area contributed by atoms with Crippen LogP contribution in [0.1, 0.15) is 64.4 Å². The molecule has 1 aliphatic carbocycles. The monoisotopic (exact) mass is 471 g/mol. The van der Waals surface area contributed by atoms with Crippen LogP contribution < -0.4 is 5.32 Å². The van der Waals surface area contributed by atoms with Crippen LogP contribution in [-0.4, -0.2) is 46.9 Å². The highest BCUT2D eigenvalue weighted by Crippen LogP contribution is 2.36. The number of nitrogens with one attached hydrogen (secondary N) is 1. The molecular formula is C28H41NO5.